The Morgan fingerprint density at radius 2 is 1.88 bits per heavy atom. The first-order valence-electron chi connectivity index (χ1n) is 10.4. The van der Waals surface area contributed by atoms with Crippen molar-refractivity contribution in [3.8, 4) is 5.75 Å². The number of carbonyl (C=O) groups excluding carboxylic acids is 1. The lowest BCUT2D eigenvalue weighted by molar-refractivity contribution is 0.102. The Bertz CT molecular complexity index is 1460. The Morgan fingerprint density at radius 1 is 1.12 bits per heavy atom. The molecule has 0 bridgehead atoms. The van der Waals surface area contributed by atoms with E-state index in [1.807, 2.05) is 0 Å². The maximum Gasteiger partial charge on any atom is 0.258 e. The van der Waals surface area contributed by atoms with E-state index in [-0.39, 0.29) is 10.8 Å². The molecule has 2 aromatic carbocycles. The standard InChI is InChI=1S/C22H24N6O4S/c1-5-28(6-2)33(30,31)16-10-11-18-17(13-16)19-20(27(18)3)23-22(26-25-19)24-21(29)14-8-7-9-15(12-14)32-4/h7-13H,5-6H2,1-4H3,(H,23,24,26,29). The van der Waals surface area contributed by atoms with Crippen LogP contribution in [0, 0.1) is 0 Å². The first-order valence-corrected chi connectivity index (χ1v) is 11.8. The van der Waals surface area contributed by atoms with E-state index in [9.17, 15) is 13.2 Å². The normalized spacial score (nSPS) is 11.9. The molecule has 0 aliphatic rings. The average Bonchev–Trinajstić information content (AvgIpc) is 3.10. The van der Waals surface area contributed by atoms with Gasteiger partial charge in [-0.3, -0.25) is 10.1 Å². The molecule has 4 rings (SSSR count). The summed E-state index contributed by atoms with van der Waals surface area (Å²) in [4.78, 5) is 17.2. The highest BCUT2D eigenvalue weighted by molar-refractivity contribution is 7.89. The number of fused-ring (bicyclic) bond motifs is 3. The van der Waals surface area contributed by atoms with Crippen molar-refractivity contribution in [3.05, 3.63) is 48.0 Å². The summed E-state index contributed by atoms with van der Waals surface area (Å²) >= 11 is 0. The molecule has 0 atom stereocenters. The highest BCUT2D eigenvalue weighted by Gasteiger charge is 2.23. The first kappa shape index (κ1) is 22.6. The number of aryl methyl sites for hydroxylation is 1. The maximum absolute atomic E-state index is 12.9. The quantitative estimate of drug-likeness (QED) is 0.443. The summed E-state index contributed by atoms with van der Waals surface area (Å²) in [5, 5.41) is 11.5. The van der Waals surface area contributed by atoms with E-state index in [0.29, 0.717) is 41.0 Å². The number of anilines is 1. The number of carbonyl (C=O) groups is 1. The monoisotopic (exact) mass is 468 g/mol. The van der Waals surface area contributed by atoms with Gasteiger partial charge in [0.1, 0.15) is 11.3 Å². The SMILES string of the molecule is CCN(CC)S(=O)(=O)c1ccc2c(c1)c1nnc(NC(=O)c3cccc(OC)c3)nc1n2C. The molecule has 172 valence electrons. The molecule has 0 fully saturated rings. The van der Waals surface area contributed by atoms with Crippen LogP contribution in [0.3, 0.4) is 0 Å². The predicted octanol–water partition coefficient (Wildman–Crippen LogP) is 2.81. The summed E-state index contributed by atoms with van der Waals surface area (Å²) in [6.45, 7) is 4.36. The molecule has 4 aromatic rings. The van der Waals surface area contributed by atoms with E-state index >= 15 is 0 Å². The van der Waals surface area contributed by atoms with Crippen molar-refractivity contribution in [1.82, 2.24) is 24.1 Å². The van der Waals surface area contributed by atoms with Crippen LogP contribution in [0.15, 0.2) is 47.4 Å². The number of ether oxygens (including phenoxy) is 1. The molecule has 10 nitrogen and oxygen atoms in total. The third-order valence-corrected chi connectivity index (χ3v) is 7.52. The lowest BCUT2D eigenvalue weighted by atomic mass is 10.2. The molecule has 0 saturated carbocycles. The van der Waals surface area contributed by atoms with Crippen LogP contribution in [-0.2, 0) is 17.1 Å². The Labute approximate surface area is 191 Å². The smallest absolute Gasteiger partial charge is 0.258 e. The van der Waals surface area contributed by atoms with Crippen molar-refractivity contribution in [2.24, 2.45) is 7.05 Å². The zero-order valence-corrected chi connectivity index (χ0v) is 19.5. The molecule has 2 aromatic heterocycles. The fourth-order valence-corrected chi connectivity index (χ4v) is 5.19. The van der Waals surface area contributed by atoms with Crippen molar-refractivity contribution in [3.63, 3.8) is 0 Å². The van der Waals surface area contributed by atoms with Gasteiger partial charge in [-0.2, -0.15) is 9.29 Å². The van der Waals surface area contributed by atoms with Crippen LogP contribution >= 0.6 is 0 Å². The van der Waals surface area contributed by atoms with E-state index in [4.69, 9.17) is 4.74 Å². The second kappa shape index (κ2) is 8.75. The average molecular weight is 469 g/mol. The number of nitrogens with one attached hydrogen (secondary N) is 1. The molecule has 0 radical (unpaired) electrons. The number of nitrogens with zero attached hydrogens (tertiary/aromatic N) is 5. The number of benzene rings is 2. The molecule has 33 heavy (non-hydrogen) atoms. The van der Waals surface area contributed by atoms with Gasteiger partial charge >= 0.3 is 0 Å². The number of hydrogen-bond acceptors (Lipinski definition) is 7. The number of rotatable bonds is 7. The minimum absolute atomic E-state index is 0.0391. The molecular weight excluding hydrogens is 444 g/mol. The predicted molar refractivity (Wildman–Crippen MR) is 125 cm³/mol. The topological polar surface area (TPSA) is 119 Å². The minimum atomic E-state index is -3.62. The summed E-state index contributed by atoms with van der Waals surface area (Å²) in [5.74, 6) is 0.194. The third-order valence-electron chi connectivity index (χ3n) is 5.47. The van der Waals surface area contributed by atoms with Crippen LogP contribution in [0.5, 0.6) is 5.75 Å². The van der Waals surface area contributed by atoms with Crippen molar-refractivity contribution in [1.29, 1.82) is 0 Å². The van der Waals surface area contributed by atoms with Crippen LogP contribution in [-0.4, -0.2) is 58.6 Å². The number of amides is 1. The Kier molecular flexibility index (Phi) is 6.00. The van der Waals surface area contributed by atoms with Gasteiger partial charge in [0.25, 0.3) is 11.9 Å². The fraction of sp³-hybridized carbons (Fsp3) is 0.273. The second-order valence-corrected chi connectivity index (χ2v) is 9.26. The summed E-state index contributed by atoms with van der Waals surface area (Å²) in [6, 6.07) is 11.6. The number of aromatic nitrogens is 4. The highest BCUT2D eigenvalue weighted by Crippen LogP contribution is 2.29. The van der Waals surface area contributed by atoms with Crippen LogP contribution in [0.1, 0.15) is 24.2 Å². The largest absolute Gasteiger partial charge is 0.497 e. The Hall–Kier alpha value is -3.57. The van der Waals surface area contributed by atoms with Gasteiger partial charge in [-0.05, 0) is 36.4 Å². The van der Waals surface area contributed by atoms with Crippen molar-refractivity contribution < 1.29 is 17.9 Å². The van der Waals surface area contributed by atoms with Gasteiger partial charge in [0.05, 0.1) is 17.5 Å². The van der Waals surface area contributed by atoms with Crippen molar-refractivity contribution >= 4 is 43.9 Å². The van der Waals surface area contributed by atoms with Gasteiger partial charge in [-0.1, -0.05) is 19.9 Å². The zero-order valence-electron chi connectivity index (χ0n) is 18.7. The number of sulfonamides is 1. The van der Waals surface area contributed by atoms with Crippen molar-refractivity contribution in [2.75, 3.05) is 25.5 Å². The van der Waals surface area contributed by atoms with Gasteiger partial charge in [-0.15, -0.1) is 10.2 Å². The zero-order chi connectivity index (χ0) is 23.8. The molecule has 11 heteroatoms. The highest BCUT2D eigenvalue weighted by atomic mass is 32.2. The van der Waals surface area contributed by atoms with Crippen molar-refractivity contribution in [2.45, 2.75) is 18.7 Å². The lowest BCUT2D eigenvalue weighted by Gasteiger charge is -2.18. The Balaban J connectivity index is 1.73. The second-order valence-electron chi connectivity index (χ2n) is 7.32. The third kappa shape index (κ3) is 4.00. The van der Waals surface area contributed by atoms with E-state index in [1.165, 1.54) is 11.4 Å². The molecule has 0 aliphatic carbocycles. The molecule has 0 spiro atoms. The molecule has 0 saturated heterocycles. The molecular formula is C22H24N6O4S. The van der Waals surface area contributed by atoms with Gasteiger partial charge < -0.3 is 9.30 Å². The van der Waals surface area contributed by atoms with Crippen LogP contribution in [0.2, 0.25) is 0 Å². The lowest BCUT2D eigenvalue weighted by Crippen LogP contribution is -2.30. The van der Waals surface area contributed by atoms with E-state index in [1.54, 1.807) is 67.9 Å². The van der Waals surface area contributed by atoms with Gasteiger partial charge in [-0.25, -0.2) is 8.42 Å². The first-order chi connectivity index (χ1) is 15.8. The van der Waals surface area contributed by atoms with E-state index in [0.717, 1.165) is 5.52 Å². The molecule has 1 amide bonds. The number of methoxy groups -OCH3 is 1. The van der Waals surface area contributed by atoms with Gasteiger partial charge in [0.2, 0.25) is 10.0 Å². The molecule has 2 heterocycles. The summed E-state index contributed by atoms with van der Waals surface area (Å²) < 4.78 is 34.2. The van der Waals surface area contributed by atoms with Crippen LogP contribution in [0.4, 0.5) is 5.95 Å². The molecule has 0 unspecified atom stereocenters. The van der Waals surface area contributed by atoms with Gasteiger partial charge in [0, 0.05) is 31.1 Å². The van der Waals surface area contributed by atoms with Crippen LogP contribution < -0.4 is 10.1 Å². The van der Waals surface area contributed by atoms with E-state index < -0.39 is 15.9 Å². The maximum atomic E-state index is 12.9. The van der Waals surface area contributed by atoms with Gasteiger partial charge in [0.15, 0.2) is 5.65 Å². The molecule has 0 aliphatic heterocycles. The number of hydrogen-bond donors (Lipinski definition) is 1. The summed E-state index contributed by atoms with van der Waals surface area (Å²) in [5.41, 5.74) is 2.06. The molecule has 1 N–H and O–H groups in total. The minimum Gasteiger partial charge on any atom is -0.497 e. The Morgan fingerprint density at radius 3 is 2.58 bits per heavy atom. The summed E-state index contributed by atoms with van der Waals surface area (Å²) in [6.07, 6.45) is 0. The fourth-order valence-electron chi connectivity index (χ4n) is 3.70. The van der Waals surface area contributed by atoms with E-state index in [2.05, 4.69) is 20.5 Å². The summed E-state index contributed by atoms with van der Waals surface area (Å²) in [7, 11) is -0.303. The van der Waals surface area contributed by atoms with Crippen LogP contribution in [0.25, 0.3) is 22.1 Å².